The molecule has 0 aromatic rings. The van der Waals surface area contributed by atoms with Crippen molar-refractivity contribution < 1.29 is 4.79 Å². The van der Waals surface area contributed by atoms with Gasteiger partial charge >= 0.3 is 0 Å². The Labute approximate surface area is 93.0 Å². The van der Waals surface area contributed by atoms with Crippen molar-refractivity contribution in [2.75, 3.05) is 13.1 Å². The standard InChI is InChI=1S/C12H24N2O/c1-2-6-12(15)14(10-9-13)11-7-4-3-5-8-11/h11H,2-10,13H2,1H3. The van der Waals surface area contributed by atoms with Crippen LogP contribution in [0.5, 0.6) is 0 Å². The van der Waals surface area contributed by atoms with Gasteiger partial charge in [-0.2, -0.15) is 0 Å². The fourth-order valence-electron chi connectivity index (χ4n) is 2.40. The molecule has 0 bridgehead atoms. The van der Waals surface area contributed by atoms with Gasteiger partial charge in [-0.3, -0.25) is 4.79 Å². The summed E-state index contributed by atoms with van der Waals surface area (Å²) in [5.41, 5.74) is 5.58. The van der Waals surface area contributed by atoms with Crippen LogP contribution in [0.2, 0.25) is 0 Å². The highest BCUT2D eigenvalue weighted by atomic mass is 16.2. The van der Waals surface area contributed by atoms with Crippen LogP contribution in [0, 0.1) is 0 Å². The molecule has 1 fully saturated rings. The Morgan fingerprint density at radius 2 is 2.00 bits per heavy atom. The Kier molecular flexibility index (Phi) is 5.69. The van der Waals surface area contributed by atoms with E-state index >= 15 is 0 Å². The topological polar surface area (TPSA) is 46.3 Å². The smallest absolute Gasteiger partial charge is 0.222 e. The fourth-order valence-corrected chi connectivity index (χ4v) is 2.40. The number of hydrogen-bond acceptors (Lipinski definition) is 2. The summed E-state index contributed by atoms with van der Waals surface area (Å²) in [6.45, 7) is 3.38. The van der Waals surface area contributed by atoms with Crippen molar-refractivity contribution in [3.8, 4) is 0 Å². The van der Waals surface area contributed by atoms with Crippen molar-refractivity contribution in [1.82, 2.24) is 4.90 Å². The van der Waals surface area contributed by atoms with E-state index < -0.39 is 0 Å². The second kappa shape index (κ2) is 6.83. The summed E-state index contributed by atoms with van der Waals surface area (Å²) in [5, 5.41) is 0. The Hall–Kier alpha value is -0.570. The molecular formula is C12H24N2O. The average Bonchev–Trinajstić information content (AvgIpc) is 2.27. The lowest BCUT2D eigenvalue weighted by Gasteiger charge is -2.34. The van der Waals surface area contributed by atoms with Crippen molar-refractivity contribution in [2.24, 2.45) is 5.73 Å². The van der Waals surface area contributed by atoms with E-state index in [0.717, 1.165) is 13.0 Å². The third-order valence-electron chi connectivity index (χ3n) is 3.17. The quantitative estimate of drug-likeness (QED) is 0.756. The highest BCUT2D eigenvalue weighted by Crippen LogP contribution is 2.23. The van der Waals surface area contributed by atoms with Crippen LogP contribution in [0.3, 0.4) is 0 Å². The molecule has 2 N–H and O–H groups in total. The van der Waals surface area contributed by atoms with E-state index in [4.69, 9.17) is 5.73 Å². The second-order valence-electron chi connectivity index (χ2n) is 4.42. The molecule has 15 heavy (non-hydrogen) atoms. The highest BCUT2D eigenvalue weighted by Gasteiger charge is 2.23. The summed E-state index contributed by atoms with van der Waals surface area (Å²) in [7, 11) is 0. The maximum Gasteiger partial charge on any atom is 0.222 e. The number of carbonyl (C=O) groups is 1. The lowest BCUT2D eigenvalue weighted by molar-refractivity contribution is -0.134. The van der Waals surface area contributed by atoms with Crippen LogP contribution >= 0.6 is 0 Å². The molecule has 3 nitrogen and oxygen atoms in total. The molecule has 1 aliphatic rings. The Morgan fingerprint density at radius 1 is 1.33 bits per heavy atom. The molecule has 0 aromatic carbocycles. The summed E-state index contributed by atoms with van der Waals surface area (Å²) in [6.07, 6.45) is 7.83. The Balaban J connectivity index is 2.50. The second-order valence-corrected chi connectivity index (χ2v) is 4.42. The first-order valence-electron chi connectivity index (χ1n) is 6.29. The summed E-state index contributed by atoms with van der Waals surface area (Å²) in [6, 6.07) is 0.473. The molecule has 0 radical (unpaired) electrons. The third-order valence-corrected chi connectivity index (χ3v) is 3.17. The van der Waals surface area contributed by atoms with Crippen molar-refractivity contribution in [2.45, 2.75) is 57.9 Å². The molecule has 0 heterocycles. The fraction of sp³-hybridized carbons (Fsp3) is 0.917. The van der Waals surface area contributed by atoms with Gasteiger partial charge in [0.2, 0.25) is 5.91 Å². The third kappa shape index (κ3) is 3.82. The van der Waals surface area contributed by atoms with Crippen molar-refractivity contribution in [3.63, 3.8) is 0 Å². The number of amides is 1. The van der Waals surface area contributed by atoms with Crippen LogP contribution in [-0.2, 0) is 4.79 Å². The Bertz CT molecular complexity index is 188. The molecule has 0 unspecified atom stereocenters. The van der Waals surface area contributed by atoms with E-state index in [1.807, 2.05) is 4.90 Å². The van der Waals surface area contributed by atoms with E-state index in [9.17, 15) is 4.79 Å². The van der Waals surface area contributed by atoms with Gasteiger partial charge in [0.25, 0.3) is 0 Å². The summed E-state index contributed by atoms with van der Waals surface area (Å²) in [4.78, 5) is 13.9. The molecular weight excluding hydrogens is 188 g/mol. The first-order chi connectivity index (χ1) is 7.29. The van der Waals surface area contributed by atoms with E-state index in [0.29, 0.717) is 24.9 Å². The van der Waals surface area contributed by atoms with Gasteiger partial charge in [-0.15, -0.1) is 0 Å². The van der Waals surface area contributed by atoms with Crippen LogP contribution in [0.4, 0.5) is 0 Å². The molecule has 1 aliphatic carbocycles. The average molecular weight is 212 g/mol. The molecule has 1 amide bonds. The number of rotatable bonds is 5. The van der Waals surface area contributed by atoms with Crippen LogP contribution < -0.4 is 5.73 Å². The molecule has 0 atom stereocenters. The lowest BCUT2D eigenvalue weighted by atomic mass is 9.94. The van der Waals surface area contributed by atoms with Gasteiger partial charge in [-0.05, 0) is 19.3 Å². The normalized spacial score (nSPS) is 17.7. The van der Waals surface area contributed by atoms with Crippen molar-refractivity contribution in [1.29, 1.82) is 0 Å². The van der Waals surface area contributed by atoms with E-state index in [-0.39, 0.29) is 0 Å². The van der Waals surface area contributed by atoms with Gasteiger partial charge in [-0.1, -0.05) is 26.2 Å². The van der Waals surface area contributed by atoms with Crippen molar-refractivity contribution in [3.05, 3.63) is 0 Å². The number of carbonyl (C=O) groups excluding carboxylic acids is 1. The predicted octanol–water partition coefficient (Wildman–Crippen LogP) is 1.91. The zero-order valence-electron chi connectivity index (χ0n) is 9.87. The van der Waals surface area contributed by atoms with Crippen molar-refractivity contribution >= 4 is 5.91 Å². The molecule has 1 saturated carbocycles. The minimum Gasteiger partial charge on any atom is -0.338 e. The van der Waals surface area contributed by atoms with Gasteiger partial charge in [-0.25, -0.2) is 0 Å². The van der Waals surface area contributed by atoms with Gasteiger partial charge < -0.3 is 10.6 Å². The van der Waals surface area contributed by atoms with Crippen LogP contribution in [-0.4, -0.2) is 29.9 Å². The SMILES string of the molecule is CCCC(=O)N(CCN)C1CCCCC1. The molecule has 0 aromatic heterocycles. The molecule has 3 heteroatoms. The maximum atomic E-state index is 11.9. The van der Waals surface area contributed by atoms with Gasteiger partial charge in [0.15, 0.2) is 0 Å². The number of hydrogen-bond donors (Lipinski definition) is 1. The first kappa shape index (κ1) is 12.5. The molecule has 0 saturated heterocycles. The zero-order chi connectivity index (χ0) is 11.1. The molecule has 88 valence electrons. The van der Waals surface area contributed by atoms with Crippen LogP contribution in [0.15, 0.2) is 0 Å². The maximum absolute atomic E-state index is 11.9. The highest BCUT2D eigenvalue weighted by molar-refractivity contribution is 5.76. The van der Waals surface area contributed by atoms with E-state index in [2.05, 4.69) is 6.92 Å². The minimum absolute atomic E-state index is 0.301. The Morgan fingerprint density at radius 3 is 2.53 bits per heavy atom. The van der Waals surface area contributed by atoms with Gasteiger partial charge in [0, 0.05) is 25.6 Å². The van der Waals surface area contributed by atoms with Gasteiger partial charge in [0.1, 0.15) is 0 Å². The number of nitrogens with zero attached hydrogens (tertiary/aromatic N) is 1. The monoisotopic (exact) mass is 212 g/mol. The largest absolute Gasteiger partial charge is 0.338 e. The summed E-state index contributed by atoms with van der Waals surface area (Å²) < 4.78 is 0. The van der Waals surface area contributed by atoms with E-state index in [1.54, 1.807) is 0 Å². The summed E-state index contributed by atoms with van der Waals surface area (Å²) in [5.74, 6) is 0.301. The zero-order valence-corrected chi connectivity index (χ0v) is 9.87. The van der Waals surface area contributed by atoms with Crippen LogP contribution in [0.25, 0.3) is 0 Å². The number of nitrogens with two attached hydrogens (primary N) is 1. The van der Waals surface area contributed by atoms with Crippen LogP contribution in [0.1, 0.15) is 51.9 Å². The lowest BCUT2D eigenvalue weighted by Crippen LogP contribution is -2.44. The first-order valence-corrected chi connectivity index (χ1v) is 6.29. The molecule has 1 rings (SSSR count). The van der Waals surface area contributed by atoms with E-state index in [1.165, 1.54) is 32.1 Å². The minimum atomic E-state index is 0.301. The predicted molar refractivity (Wildman–Crippen MR) is 62.5 cm³/mol. The molecule has 0 spiro atoms. The summed E-state index contributed by atoms with van der Waals surface area (Å²) >= 11 is 0. The van der Waals surface area contributed by atoms with Gasteiger partial charge in [0.05, 0.1) is 0 Å². The molecule has 0 aliphatic heterocycles.